The molecule has 0 saturated heterocycles. The minimum Gasteiger partial charge on any atom is -0.506 e. The molecule has 1 aromatic heterocycles. The quantitative estimate of drug-likeness (QED) is 0.0930. The Morgan fingerprint density at radius 3 is 1.30 bits per heavy atom. The van der Waals surface area contributed by atoms with Crippen LogP contribution in [0.5, 0.6) is 5.75 Å². The van der Waals surface area contributed by atoms with Gasteiger partial charge < -0.3 is 14.2 Å². The molecule has 0 atom stereocenters. The van der Waals surface area contributed by atoms with Gasteiger partial charge in [-0.15, -0.1) is 0 Å². The first-order chi connectivity index (χ1) is 31.3. The van der Waals surface area contributed by atoms with Gasteiger partial charge in [-0.2, -0.15) is 13.2 Å². The first-order valence-corrected chi connectivity index (χ1v) is 23.8. The van der Waals surface area contributed by atoms with Gasteiger partial charge in [-0.3, -0.25) is 14.2 Å². The molecular formula is C54H42F3NO5P2Tb. The molecule has 1 N–H and O–H groups in total. The van der Waals surface area contributed by atoms with Crippen LogP contribution in [0.3, 0.4) is 0 Å². The molecule has 333 valence electrons. The van der Waals surface area contributed by atoms with Crippen molar-refractivity contribution in [2.75, 3.05) is 0 Å². The molecular weight excluding hydrogens is 1020 g/mol. The number of pyridine rings is 1. The SMILES string of the molecule is C=C(C)P(=O)(c1ccccc1)c1ccccc1.O=C(c1c(O)c2c3ccccc3ccc2n(-c2ccccc2)c1=O)C(F)(F)F.O=P(c1ccccc1)(c1ccccc1)c1ccccc1.[Tb]. The van der Waals surface area contributed by atoms with Crippen molar-refractivity contribution in [3.63, 3.8) is 0 Å². The van der Waals surface area contributed by atoms with Crippen LogP contribution in [-0.2, 0) is 9.13 Å². The number of hydrogen-bond donors (Lipinski definition) is 1. The molecule has 0 amide bonds. The minimum absolute atomic E-state index is 0. The molecule has 0 aliphatic carbocycles. The van der Waals surface area contributed by atoms with Crippen molar-refractivity contribution in [3.8, 4) is 11.4 Å². The van der Waals surface area contributed by atoms with Gasteiger partial charge in [-0.1, -0.05) is 207 Å². The molecule has 1 heterocycles. The average molecular weight is 1060 g/mol. The fourth-order valence-electron chi connectivity index (χ4n) is 7.55. The maximum Gasteiger partial charge on any atom is 0.455 e. The normalized spacial score (nSPS) is 11.3. The maximum atomic E-state index is 13.8. The number of rotatable bonds is 8. The number of carbonyl (C=O) groups excluding carboxylic acids is 1. The Kier molecular flexibility index (Phi) is 16.1. The Morgan fingerprint density at radius 1 is 0.545 bits per heavy atom. The standard InChI is InChI=1S/C21H12F3NO3.C18H15OP.C15H15OP.Tb/c22-21(23,24)19(27)17-18(26)16-14-9-5-4-6-12(14)10-11-15(16)25(20(17)28)13-7-2-1-3-8-13;19-20(16-10-4-1-5-11-16,17-12-6-2-7-13-17)18-14-8-3-9-15-18;1-13(2)17(16,14-9-5-3-6-10-14)15-11-7-4-8-12-15;/h1-11,26H;1-15H;3-12H,1H2,2H3;. The van der Waals surface area contributed by atoms with Gasteiger partial charge in [-0.25, -0.2) is 0 Å². The first-order valence-electron chi connectivity index (χ1n) is 20.4. The number of carbonyl (C=O) groups is 1. The molecule has 1 radical (unpaired) electrons. The number of nitrogens with zero attached hydrogens (tertiary/aromatic N) is 1. The molecule has 0 unspecified atom stereocenters. The summed E-state index contributed by atoms with van der Waals surface area (Å²) in [7, 11) is -5.47. The van der Waals surface area contributed by atoms with Gasteiger partial charge in [0.25, 0.3) is 11.3 Å². The van der Waals surface area contributed by atoms with Gasteiger partial charge in [0, 0.05) is 76.2 Å². The number of alkyl halides is 3. The van der Waals surface area contributed by atoms with E-state index >= 15 is 0 Å². The second kappa shape index (κ2) is 21.5. The number of fused-ring (bicyclic) bond motifs is 3. The van der Waals surface area contributed by atoms with E-state index in [-0.39, 0.29) is 55.2 Å². The van der Waals surface area contributed by atoms with Crippen LogP contribution in [0.1, 0.15) is 17.3 Å². The van der Waals surface area contributed by atoms with E-state index < -0.39 is 43.1 Å². The first kappa shape index (κ1) is 49.4. The van der Waals surface area contributed by atoms with Crippen molar-refractivity contribution in [3.05, 3.63) is 246 Å². The number of Topliss-reactive ketones (excluding diaryl/α,β-unsaturated/α-hetero) is 1. The number of hydrogen-bond acceptors (Lipinski definition) is 5. The summed E-state index contributed by atoms with van der Waals surface area (Å²) < 4.78 is 67.5. The number of aromatic hydroxyl groups is 1. The number of halogens is 3. The van der Waals surface area contributed by atoms with Crippen LogP contribution in [0.25, 0.3) is 27.4 Å². The third kappa shape index (κ3) is 10.2. The predicted octanol–water partition coefficient (Wildman–Crippen LogP) is 11.5. The molecule has 9 rings (SSSR count). The van der Waals surface area contributed by atoms with Crippen molar-refractivity contribution in [1.29, 1.82) is 0 Å². The number of allylic oxidation sites excluding steroid dienone is 1. The maximum absolute atomic E-state index is 13.8. The third-order valence-corrected chi connectivity index (χ3v) is 16.9. The van der Waals surface area contributed by atoms with Gasteiger partial charge in [0.1, 0.15) is 11.3 Å². The number of benzene rings is 8. The Morgan fingerprint density at radius 2 is 0.909 bits per heavy atom. The zero-order valence-electron chi connectivity index (χ0n) is 35.4. The fourth-order valence-corrected chi connectivity index (χ4v) is 12.6. The molecule has 0 bridgehead atoms. The summed E-state index contributed by atoms with van der Waals surface area (Å²) in [6.07, 6.45) is -5.30. The topological polar surface area (TPSA) is 93.4 Å². The molecule has 9 aromatic rings. The van der Waals surface area contributed by atoms with Crippen LogP contribution in [0.15, 0.2) is 235 Å². The molecule has 0 aliphatic rings. The Balaban J connectivity index is 0.000000169. The Bertz CT molecular complexity index is 3120. The summed E-state index contributed by atoms with van der Waals surface area (Å²) in [5, 5.41) is 16.7. The number of aromatic nitrogens is 1. The smallest absolute Gasteiger partial charge is 0.455 e. The van der Waals surface area contributed by atoms with Crippen LogP contribution in [-0.4, -0.2) is 21.6 Å². The fraction of sp³-hybridized carbons (Fsp3) is 0.0370. The zero-order valence-corrected chi connectivity index (χ0v) is 39.3. The second-order valence-electron chi connectivity index (χ2n) is 14.8. The van der Waals surface area contributed by atoms with Gasteiger partial charge in [-0.05, 0) is 41.2 Å². The summed E-state index contributed by atoms with van der Waals surface area (Å²) in [4.78, 5) is 24.9. The van der Waals surface area contributed by atoms with E-state index in [9.17, 15) is 37.0 Å². The zero-order chi connectivity index (χ0) is 46.2. The molecule has 0 spiro atoms. The Hall–Kier alpha value is -6.02. The van der Waals surface area contributed by atoms with E-state index in [0.717, 1.165) is 36.4 Å². The molecule has 0 fully saturated rings. The van der Waals surface area contributed by atoms with Crippen LogP contribution < -0.4 is 32.1 Å². The van der Waals surface area contributed by atoms with Crippen molar-refractivity contribution in [2.45, 2.75) is 13.1 Å². The molecule has 0 aliphatic heterocycles. The van der Waals surface area contributed by atoms with Gasteiger partial charge in [0.15, 0.2) is 14.3 Å². The van der Waals surface area contributed by atoms with Crippen LogP contribution in [0.2, 0.25) is 0 Å². The summed E-state index contributed by atoms with van der Waals surface area (Å²) in [6.45, 7) is 5.75. The van der Waals surface area contributed by atoms with E-state index in [0.29, 0.717) is 10.8 Å². The van der Waals surface area contributed by atoms with E-state index in [1.165, 1.54) is 18.2 Å². The molecule has 8 aromatic carbocycles. The summed E-state index contributed by atoms with van der Waals surface area (Å²) >= 11 is 0. The average Bonchev–Trinajstić information content (AvgIpc) is 3.35. The molecule has 66 heavy (non-hydrogen) atoms. The summed E-state index contributed by atoms with van der Waals surface area (Å²) in [6, 6.07) is 66.2. The van der Waals surface area contributed by atoms with Crippen LogP contribution >= 0.6 is 14.3 Å². The summed E-state index contributed by atoms with van der Waals surface area (Å²) in [5.41, 5.74) is -2.04. The molecule has 0 saturated carbocycles. The summed E-state index contributed by atoms with van der Waals surface area (Å²) in [5.74, 6) is -3.35. The van der Waals surface area contributed by atoms with Gasteiger partial charge in [0.05, 0.1) is 5.52 Å². The van der Waals surface area contributed by atoms with Crippen molar-refractivity contribution >= 4 is 68.3 Å². The van der Waals surface area contributed by atoms with E-state index in [1.54, 1.807) is 48.5 Å². The van der Waals surface area contributed by atoms with Crippen molar-refractivity contribution in [2.24, 2.45) is 0 Å². The predicted molar refractivity (Wildman–Crippen MR) is 260 cm³/mol. The van der Waals surface area contributed by atoms with Gasteiger partial charge >= 0.3 is 6.18 Å². The minimum atomic E-state index is -5.30. The van der Waals surface area contributed by atoms with Crippen molar-refractivity contribution in [1.82, 2.24) is 4.57 Å². The Labute approximate surface area is 411 Å². The number of para-hydroxylation sites is 1. The van der Waals surface area contributed by atoms with E-state index in [1.807, 2.05) is 159 Å². The molecule has 12 heteroatoms. The second-order valence-corrected chi connectivity index (χ2v) is 20.6. The number of ketones is 1. The van der Waals surface area contributed by atoms with E-state index in [2.05, 4.69) is 6.58 Å². The molecule has 6 nitrogen and oxygen atoms in total. The monoisotopic (exact) mass is 1060 g/mol. The van der Waals surface area contributed by atoms with Gasteiger partial charge in [0.2, 0.25) is 0 Å². The van der Waals surface area contributed by atoms with E-state index in [4.69, 9.17) is 0 Å². The van der Waals surface area contributed by atoms with Crippen LogP contribution in [0.4, 0.5) is 13.2 Å². The third-order valence-electron chi connectivity index (χ3n) is 10.7. The largest absolute Gasteiger partial charge is 0.506 e. The van der Waals surface area contributed by atoms with Crippen molar-refractivity contribution < 1.29 is 70.8 Å². The van der Waals surface area contributed by atoms with Crippen LogP contribution in [0, 0.1) is 38.6 Å².